The lowest BCUT2D eigenvalue weighted by atomic mass is 10.1. The van der Waals surface area contributed by atoms with E-state index in [9.17, 15) is 21.6 Å². The fraction of sp³-hybridized carbons (Fsp3) is 1.00. The molecule has 1 aliphatic rings. The molecular weight excluding hydrogens is 335 g/mol. The maximum Gasteiger partial charge on any atom is 0.389 e. The maximum absolute atomic E-state index is 11.9. The Balaban J connectivity index is 2.27. The molecule has 0 aromatic rings. The fourth-order valence-electron chi connectivity index (χ4n) is 1.99. The minimum Gasteiger partial charge on any atom is -0.215 e. The third kappa shape index (κ3) is 6.38. The second-order valence-corrected chi connectivity index (χ2v) is 7.70. The summed E-state index contributed by atoms with van der Waals surface area (Å²) in [4.78, 5) is 0.301. The van der Waals surface area contributed by atoms with Gasteiger partial charge in [0.25, 0.3) is 0 Å². The number of rotatable bonds is 6. The molecule has 1 fully saturated rings. The highest BCUT2D eigenvalue weighted by molar-refractivity contribution is 9.09. The van der Waals surface area contributed by atoms with Crippen LogP contribution in [0, 0.1) is 5.92 Å². The van der Waals surface area contributed by atoms with Gasteiger partial charge in [0.2, 0.25) is 10.0 Å². The van der Waals surface area contributed by atoms with E-state index in [1.54, 1.807) is 0 Å². The highest BCUT2D eigenvalue weighted by atomic mass is 79.9. The second kappa shape index (κ2) is 6.56. The van der Waals surface area contributed by atoms with Gasteiger partial charge in [-0.2, -0.15) is 13.2 Å². The first-order valence-electron chi connectivity index (χ1n) is 5.88. The molecule has 0 aromatic carbocycles. The molecule has 18 heavy (non-hydrogen) atoms. The maximum atomic E-state index is 11.9. The van der Waals surface area contributed by atoms with Gasteiger partial charge in [0.15, 0.2) is 0 Å². The third-order valence-corrected chi connectivity index (χ3v) is 5.64. The Morgan fingerprint density at radius 2 is 1.94 bits per heavy atom. The van der Waals surface area contributed by atoms with E-state index in [4.69, 9.17) is 0 Å². The summed E-state index contributed by atoms with van der Waals surface area (Å²) in [7, 11) is -3.59. The van der Waals surface area contributed by atoms with Crippen LogP contribution in [0.25, 0.3) is 0 Å². The second-order valence-electron chi connectivity index (χ2n) is 4.59. The van der Waals surface area contributed by atoms with Crippen molar-refractivity contribution in [3.05, 3.63) is 0 Å². The summed E-state index contributed by atoms with van der Waals surface area (Å²) in [6, 6.07) is 0. The zero-order valence-corrected chi connectivity index (χ0v) is 12.2. The minimum absolute atomic E-state index is 0.238. The Hall–Kier alpha value is 0.180. The summed E-state index contributed by atoms with van der Waals surface area (Å²) in [5.41, 5.74) is 0. The topological polar surface area (TPSA) is 46.2 Å². The van der Waals surface area contributed by atoms with Crippen molar-refractivity contribution in [1.29, 1.82) is 0 Å². The van der Waals surface area contributed by atoms with Crippen LogP contribution >= 0.6 is 15.9 Å². The van der Waals surface area contributed by atoms with Gasteiger partial charge in [0, 0.05) is 17.8 Å². The normalized spacial score (nSPS) is 25.6. The molecule has 1 rings (SSSR count). The van der Waals surface area contributed by atoms with Crippen LogP contribution in [0.3, 0.4) is 0 Å². The number of nitrogens with one attached hydrogen (secondary N) is 1. The van der Waals surface area contributed by atoms with Crippen LogP contribution in [0.1, 0.15) is 32.1 Å². The Kier molecular flexibility index (Phi) is 5.92. The zero-order valence-electron chi connectivity index (χ0n) is 9.84. The van der Waals surface area contributed by atoms with Crippen molar-refractivity contribution in [2.75, 3.05) is 12.3 Å². The van der Waals surface area contributed by atoms with Crippen molar-refractivity contribution in [3.8, 4) is 0 Å². The van der Waals surface area contributed by atoms with E-state index in [0.717, 1.165) is 19.3 Å². The minimum atomic E-state index is -4.29. The van der Waals surface area contributed by atoms with Crippen LogP contribution in [-0.2, 0) is 10.0 Å². The molecule has 108 valence electrons. The Labute approximate surface area is 114 Å². The Morgan fingerprint density at radius 3 is 2.44 bits per heavy atom. The summed E-state index contributed by atoms with van der Waals surface area (Å²) in [6.07, 6.45) is -2.72. The summed E-state index contributed by atoms with van der Waals surface area (Å²) >= 11 is 3.47. The smallest absolute Gasteiger partial charge is 0.215 e. The van der Waals surface area contributed by atoms with Crippen LogP contribution < -0.4 is 4.72 Å². The largest absolute Gasteiger partial charge is 0.389 e. The molecular formula is C10H17BrF3NO2S. The average Bonchev–Trinajstić information content (AvgIpc) is 2.59. The Morgan fingerprint density at radius 1 is 1.28 bits per heavy atom. The summed E-state index contributed by atoms with van der Waals surface area (Å²) in [5.74, 6) is -0.228. The molecule has 1 N–H and O–H groups in total. The van der Waals surface area contributed by atoms with Gasteiger partial charge in [-0.25, -0.2) is 13.1 Å². The highest BCUT2D eigenvalue weighted by Gasteiger charge is 2.28. The van der Waals surface area contributed by atoms with E-state index in [0.29, 0.717) is 11.4 Å². The van der Waals surface area contributed by atoms with Crippen LogP contribution in [0.2, 0.25) is 0 Å². The number of halogens is 4. The van der Waals surface area contributed by atoms with E-state index < -0.39 is 28.4 Å². The fourth-order valence-corrected chi connectivity index (χ4v) is 3.90. The van der Waals surface area contributed by atoms with Crippen LogP contribution in [0.15, 0.2) is 0 Å². The van der Waals surface area contributed by atoms with Crippen LogP contribution in [0.4, 0.5) is 13.2 Å². The number of alkyl halides is 4. The Bertz CT molecular complexity index is 359. The molecule has 0 spiro atoms. The van der Waals surface area contributed by atoms with Crippen molar-refractivity contribution in [2.24, 2.45) is 5.92 Å². The first-order valence-corrected chi connectivity index (χ1v) is 8.44. The lowest BCUT2D eigenvalue weighted by molar-refractivity contribution is -0.134. The molecule has 1 aliphatic carbocycles. The van der Waals surface area contributed by atoms with Crippen molar-refractivity contribution >= 4 is 26.0 Å². The SMILES string of the molecule is O=S(=O)(CCCC(F)(F)F)NCC1CCCC1Br. The molecule has 0 radical (unpaired) electrons. The van der Waals surface area contributed by atoms with Gasteiger partial charge in [0.1, 0.15) is 0 Å². The van der Waals surface area contributed by atoms with E-state index >= 15 is 0 Å². The molecule has 3 nitrogen and oxygen atoms in total. The van der Waals surface area contributed by atoms with Crippen molar-refractivity contribution in [3.63, 3.8) is 0 Å². The van der Waals surface area contributed by atoms with Crippen LogP contribution in [0.5, 0.6) is 0 Å². The van der Waals surface area contributed by atoms with E-state index in [-0.39, 0.29) is 12.3 Å². The van der Waals surface area contributed by atoms with Crippen molar-refractivity contribution in [1.82, 2.24) is 4.72 Å². The molecule has 0 aromatic heterocycles. The predicted octanol–water partition coefficient (Wildman–Crippen LogP) is 2.81. The highest BCUT2D eigenvalue weighted by Crippen LogP contribution is 2.31. The van der Waals surface area contributed by atoms with Gasteiger partial charge in [-0.3, -0.25) is 0 Å². The lowest BCUT2D eigenvalue weighted by Gasteiger charge is -2.15. The number of hydrogen-bond donors (Lipinski definition) is 1. The van der Waals surface area contributed by atoms with E-state index in [1.807, 2.05) is 0 Å². The summed E-state index contributed by atoms with van der Waals surface area (Å²) in [6.45, 7) is 0.310. The average molecular weight is 352 g/mol. The summed E-state index contributed by atoms with van der Waals surface area (Å²) in [5, 5.41) is 0. The van der Waals surface area contributed by atoms with Gasteiger partial charge in [-0.1, -0.05) is 22.4 Å². The number of sulfonamides is 1. The molecule has 1 saturated carbocycles. The molecule has 0 saturated heterocycles. The lowest BCUT2D eigenvalue weighted by Crippen LogP contribution is -2.33. The monoisotopic (exact) mass is 351 g/mol. The first-order chi connectivity index (χ1) is 8.20. The van der Waals surface area contributed by atoms with Crippen molar-refractivity contribution in [2.45, 2.75) is 43.1 Å². The van der Waals surface area contributed by atoms with Gasteiger partial charge in [-0.05, 0) is 25.2 Å². The first kappa shape index (κ1) is 16.2. The van der Waals surface area contributed by atoms with Gasteiger partial charge in [0.05, 0.1) is 5.75 Å². The molecule has 2 atom stereocenters. The standard InChI is InChI=1S/C10H17BrF3NO2S/c11-9-4-1-3-8(9)7-15-18(16,17)6-2-5-10(12,13)14/h8-9,15H,1-7H2. The quantitative estimate of drug-likeness (QED) is 0.748. The van der Waals surface area contributed by atoms with Gasteiger partial charge >= 0.3 is 6.18 Å². The summed E-state index contributed by atoms with van der Waals surface area (Å²) < 4.78 is 61.0. The molecule has 0 bridgehead atoms. The number of hydrogen-bond acceptors (Lipinski definition) is 2. The van der Waals surface area contributed by atoms with E-state index in [2.05, 4.69) is 20.7 Å². The third-order valence-electron chi connectivity index (χ3n) is 3.01. The molecule has 2 unspecified atom stereocenters. The molecule has 0 aliphatic heterocycles. The molecule has 0 amide bonds. The molecule has 8 heteroatoms. The van der Waals surface area contributed by atoms with Crippen molar-refractivity contribution < 1.29 is 21.6 Å². The van der Waals surface area contributed by atoms with Crippen LogP contribution in [-0.4, -0.2) is 31.7 Å². The predicted molar refractivity (Wildman–Crippen MR) is 67.1 cm³/mol. The zero-order chi connectivity index (χ0) is 13.8. The van der Waals surface area contributed by atoms with E-state index in [1.165, 1.54) is 0 Å². The molecule has 0 heterocycles. The van der Waals surface area contributed by atoms with Gasteiger partial charge in [-0.15, -0.1) is 0 Å². The van der Waals surface area contributed by atoms with Gasteiger partial charge < -0.3 is 0 Å².